The summed E-state index contributed by atoms with van der Waals surface area (Å²) < 4.78 is 50.9. The van der Waals surface area contributed by atoms with Crippen molar-refractivity contribution in [1.82, 2.24) is 0 Å². The van der Waals surface area contributed by atoms with Gasteiger partial charge in [-0.3, -0.25) is 0 Å². The zero-order valence-corrected chi connectivity index (χ0v) is 6.23. The van der Waals surface area contributed by atoms with E-state index in [1.807, 2.05) is 0 Å². The van der Waals surface area contributed by atoms with Crippen molar-refractivity contribution in [2.24, 2.45) is 0 Å². The van der Waals surface area contributed by atoms with Crippen LogP contribution in [0.3, 0.4) is 0 Å². The van der Waals surface area contributed by atoms with Gasteiger partial charge in [-0.15, -0.1) is 0 Å². The van der Waals surface area contributed by atoms with Gasteiger partial charge in [-0.25, -0.2) is 0 Å². The van der Waals surface area contributed by atoms with E-state index in [1.54, 1.807) is 0 Å². The molecule has 0 N–H and O–H groups in total. The third kappa shape index (κ3) is 2.00. The maximum atomic E-state index is 12.2. The number of alkyl halides is 3. The van der Waals surface area contributed by atoms with Crippen molar-refractivity contribution in [2.75, 3.05) is 0 Å². The smallest absolute Gasteiger partial charge is 0.166 e. The summed E-state index contributed by atoms with van der Waals surface area (Å²) >= 11 is 0. The molecule has 1 aromatic rings. The SMILES string of the molecule is [2H]CC([2H])c1cccc(C(F)(F)F)c1. The summed E-state index contributed by atoms with van der Waals surface area (Å²) in [5, 5.41) is 0. The first kappa shape index (κ1) is 6.52. The Morgan fingerprint density at radius 1 is 1.50 bits per heavy atom. The van der Waals surface area contributed by atoms with Crippen molar-refractivity contribution >= 4 is 0 Å². The molecular weight excluding hydrogens is 165 g/mol. The van der Waals surface area contributed by atoms with E-state index in [0.29, 0.717) is 0 Å². The van der Waals surface area contributed by atoms with Gasteiger partial charge < -0.3 is 0 Å². The molecule has 0 saturated heterocycles. The zero-order valence-electron chi connectivity index (χ0n) is 8.23. The van der Waals surface area contributed by atoms with E-state index < -0.39 is 18.1 Å². The molecule has 66 valence electrons. The topological polar surface area (TPSA) is 0 Å². The molecule has 1 aromatic carbocycles. The van der Waals surface area contributed by atoms with Crippen LogP contribution in [0.4, 0.5) is 13.2 Å². The number of aryl methyl sites for hydroxylation is 1. The second-order valence-corrected chi connectivity index (χ2v) is 2.33. The van der Waals surface area contributed by atoms with Crippen molar-refractivity contribution in [3.63, 3.8) is 0 Å². The third-order valence-electron chi connectivity index (χ3n) is 1.45. The fourth-order valence-corrected chi connectivity index (χ4v) is 0.842. The van der Waals surface area contributed by atoms with Crippen molar-refractivity contribution in [2.45, 2.75) is 19.5 Å². The second kappa shape index (κ2) is 3.17. The van der Waals surface area contributed by atoms with Crippen LogP contribution in [0.2, 0.25) is 0 Å². The Hall–Kier alpha value is -0.990. The molecule has 0 spiro atoms. The van der Waals surface area contributed by atoms with Crippen LogP contribution in [0.15, 0.2) is 24.3 Å². The number of halogens is 3. The van der Waals surface area contributed by atoms with Crippen LogP contribution in [0.5, 0.6) is 0 Å². The van der Waals surface area contributed by atoms with Crippen LogP contribution in [-0.2, 0) is 12.6 Å². The van der Waals surface area contributed by atoms with E-state index in [1.165, 1.54) is 12.1 Å². The van der Waals surface area contributed by atoms with Crippen LogP contribution in [-0.4, -0.2) is 0 Å². The minimum Gasteiger partial charge on any atom is -0.166 e. The molecule has 0 heterocycles. The summed E-state index contributed by atoms with van der Waals surface area (Å²) in [5.41, 5.74) is -0.532. The summed E-state index contributed by atoms with van der Waals surface area (Å²) in [7, 11) is 0. The fraction of sp³-hybridized carbons (Fsp3) is 0.333. The summed E-state index contributed by atoms with van der Waals surface area (Å²) in [6.45, 7) is -0.235. The number of benzene rings is 1. The molecule has 0 nitrogen and oxygen atoms in total. The zero-order chi connectivity index (χ0) is 10.8. The summed E-state index contributed by atoms with van der Waals surface area (Å²) in [6.07, 6.45) is -5.28. The summed E-state index contributed by atoms with van der Waals surface area (Å²) in [5.74, 6) is 0. The molecule has 0 aromatic heterocycles. The van der Waals surface area contributed by atoms with Crippen LogP contribution >= 0.6 is 0 Å². The van der Waals surface area contributed by atoms with Gasteiger partial charge in [0.05, 0.1) is 5.56 Å². The molecule has 12 heavy (non-hydrogen) atoms. The van der Waals surface area contributed by atoms with Gasteiger partial charge in [0.1, 0.15) is 0 Å². The highest BCUT2D eigenvalue weighted by atomic mass is 19.4. The lowest BCUT2D eigenvalue weighted by Crippen LogP contribution is -2.04. The highest BCUT2D eigenvalue weighted by molar-refractivity contribution is 5.25. The van der Waals surface area contributed by atoms with Gasteiger partial charge in [-0.05, 0) is 18.0 Å². The quantitative estimate of drug-likeness (QED) is 0.616. The molecule has 0 aliphatic rings. The van der Waals surface area contributed by atoms with E-state index >= 15 is 0 Å². The molecule has 0 radical (unpaired) electrons. The molecule has 0 saturated carbocycles. The first-order valence-electron chi connectivity index (χ1n) is 4.62. The first-order chi connectivity index (χ1) is 6.45. The van der Waals surface area contributed by atoms with E-state index in [4.69, 9.17) is 2.74 Å². The lowest BCUT2D eigenvalue weighted by Gasteiger charge is -2.06. The van der Waals surface area contributed by atoms with E-state index in [9.17, 15) is 13.2 Å². The van der Waals surface area contributed by atoms with Gasteiger partial charge in [-0.1, -0.05) is 25.1 Å². The van der Waals surface area contributed by atoms with Crippen LogP contribution in [0, 0.1) is 0 Å². The third-order valence-corrected chi connectivity index (χ3v) is 1.45. The Balaban J connectivity index is 3.01. The van der Waals surface area contributed by atoms with Crippen LogP contribution in [0.25, 0.3) is 0 Å². The van der Waals surface area contributed by atoms with Crippen LogP contribution < -0.4 is 0 Å². The molecule has 1 unspecified atom stereocenters. The minimum atomic E-state index is -4.38. The van der Waals surface area contributed by atoms with E-state index in [0.717, 1.165) is 12.1 Å². The van der Waals surface area contributed by atoms with Gasteiger partial charge >= 0.3 is 6.18 Å². The van der Waals surface area contributed by atoms with E-state index in [-0.39, 0.29) is 12.5 Å². The molecule has 0 amide bonds. The molecule has 1 atom stereocenters. The molecule has 0 aliphatic heterocycles. The Labute approximate surface area is 71.8 Å². The molecule has 0 fully saturated rings. The average Bonchev–Trinajstić information content (AvgIpc) is 2.15. The lowest BCUT2D eigenvalue weighted by molar-refractivity contribution is -0.137. The van der Waals surface area contributed by atoms with Gasteiger partial charge in [0.15, 0.2) is 0 Å². The van der Waals surface area contributed by atoms with E-state index in [2.05, 4.69) is 0 Å². The summed E-state index contributed by atoms with van der Waals surface area (Å²) in [4.78, 5) is 0. The normalized spacial score (nSPS) is 16.6. The predicted octanol–water partition coefficient (Wildman–Crippen LogP) is 3.27. The predicted molar refractivity (Wildman–Crippen MR) is 40.8 cm³/mol. The largest absolute Gasteiger partial charge is 0.416 e. The Morgan fingerprint density at radius 2 is 2.25 bits per heavy atom. The van der Waals surface area contributed by atoms with Gasteiger partial charge in [0, 0.05) is 2.74 Å². The van der Waals surface area contributed by atoms with Crippen LogP contribution in [0.1, 0.15) is 20.8 Å². The highest BCUT2D eigenvalue weighted by Crippen LogP contribution is 2.29. The van der Waals surface area contributed by atoms with Crippen molar-refractivity contribution < 1.29 is 15.9 Å². The Morgan fingerprint density at radius 3 is 2.83 bits per heavy atom. The maximum absolute atomic E-state index is 12.2. The van der Waals surface area contributed by atoms with Gasteiger partial charge in [-0.2, -0.15) is 13.2 Å². The highest BCUT2D eigenvalue weighted by Gasteiger charge is 2.30. The number of rotatable bonds is 1. The molecular formula is C9H9F3. The van der Waals surface area contributed by atoms with Crippen molar-refractivity contribution in [1.29, 1.82) is 0 Å². The molecule has 0 aliphatic carbocycles. The Bertz CT molecular complexity index is 309. The molecule has 0 bridgehead atoms. The minimum absolute atomic E-state index is 0.231. The van der Waals surface area contributed by atoms with Gasteiger partial charge in [0.25, 0.3) is 0 Å². The Kier molecular flexibility index (Phi) is 1.72. The monoisotopic (exact) mass is 176 g/mol. The molecule has 3 heteroatoms. The van der Waals surface area contributed by atoms with Gasteiger partial charge in [0.2, 0.25) is 0 Å². The fourth-order valence-electron chi connectivity index (χ4n) is 0.842. The van der Waals surface area contributed by atoms with Crippen molar-refractivity contribution in [3.8, 4) is 0 Å². The average molecular weight is 176 g/mol. The maximum Gasteiger partial charge on any atom is 0.416 e. The number of hydrogen-bond donors (Lipinski definition) is 0. The molecule has 1 rings (SSSR count). The number of hydrogen-bond acceptors (Lipinski definition) is 0. The standard InChI is InChI=1S/C9H9F3/c1-2-7-4-3-5-8(6-7)9(10,11)12/h3-6H,2H2,1H3/i1D,2D. The lowest BCUT2D eigenvalue weighted by atomic mass is 10.1. The van der Waals surface area contributed by atoms with Crippen molar-refractivity contribution in [3.05, 3.63) is 35.4 Å². The first-order valence-corrected chi connectivity index (χ1v) is 3.34. The summed E-state index contributed by atoms with van der Waals surface area (Å²) in [6, 6.07) is 4.57. The second-order valence-electron chi connectivity index (χ2n) is 2.33.